The number of carbonyl (C=O) groups excluding carboxylic acids is 1. The molecule has 0 unspecified atom stereocenters. The highest BCUT2D eigenvalue weighted by Crippen LogP contribution is 2.38. The quantitative estimate of drug-likeness (QED) is 0.866. The van der Waals surface area contributed by atoms with Crippen LogP contribution < -0.4 is 5.73 Å². The fourth-order valence-corrected chi connectivity index (χ4v) is 3.00. The molecule has 19 heavy (non-hydrogen) atoms. The van der Waals surface area contributed by atoms with Crippen LogP contribution in [0.4, 0.5) is 5.69 Å². The zero-order valence-electron chi connectivity index (χ0n) is 10.7. The summed E-state index contributed by atoms with van der Waals surface area (Å²) < 4.78 is 5.00. The van der Waals surface area contributed by atoms with Crippen molar-refractivity contribution in [2.45, 2.75) is 13.8 Å². The Labute approximate surface area is 121 Å². The first-order valence-electron chi connectivity index (χ1n) is 5.86. The molecule has 0 bridgehead atoms. The lowest BCUT2D eigenvalue weighted by Crippen LogP contribution is -2.05. The number of nitrogen functional groups attached to an aromatic ring is 1. The van der Waals surface area contributed by atoms with Gasteiger partial charge in [0.15, 0.2) is 0 Å². The minimum atomic E-state index is -0.367. The number of halogens is 1. The summed E-state index contributed by atoms with van der Waals surface area (Å²) in [6.07, 6.45) is 0. The van der Waals surface area contributed by atoms with Gasteiger partial charge in [-0.15, -0.1) is 11.3 Å². The Morgan fingerprint density at radius 3 is 2.58 bits per heavy atom. The molecule has 1 aromatic heterocycles. The summed E-state index contributed by atoms with van der Waals surface area (Å²) in [6, 6.07) is 7.46. The predicted molar refractivity (Wildman–Crippen MR) is 79.9 cm³/mol. The number of esters is 1. The van der Waals surface area contributed by atoms with Crippen LogP contribution in [-0.4, -0.2) is 12.6 Å². The Morgan fingerprint density at radius 2 is 2.00 bits per heavy atom. The number of benzene rings is 1. The maximum atomic E-state index is 11.8. The van der Waals surface area contributed by atoms with Crippen molar-refractivity contribution in [1.82, 2.24) is 0 Å². The van der Waals surface area contributed by atoms with Crippen molar-refractivity contribution in [3.8, 4) is 10.4 Å². The summed E-state index contributed by atoms with van der Waals surface area (Å²) in [4.78, 5) is 13.2. The van der Waals surface area contributed by atoms with Gasteiger partial charge in [0.05, 0.1) is 12.3 Å². The maximum Gasteiger partial charge on any atom is 0.350 e. The van der Waals surface area contributed by atoms with Crippen molar-refractivity contribution in [3.05, 3.63) is 39.7 Å². The van der Waals surface area contributed by atoms with Gasteiger partial charge in [-0.05, 0) is 37.1 Å². The van der Waals surface area contributed by atoms with Crippen LogP contribution in [0.1, 0.15) is 22.2 Å². The number of hydrogen-bond donors (Lipinski definition) is 1. The number of hydrogen-bond acceptors (Lipinski definition) is 4. The fraction of sp³-hybridized carbons (Fsp3) is 0.214. The third-order valence-corrected chi connectivity index (χ3v) is 4.35. The second kappa shape index (κ2) is 5.63. The van der Waals surface area contributed by atoms with E-state index < -0.39 is 0 Å². The number of thiophene rings is 1. The number of nitrogens with two attached hydrogens (primary N) is 1. The maximum absolute atomic E-state index is 11.8. The summed E-state index contributed by atoms with van der Waals surface area (Å²) in [5.74, 6) is -0.367. The van der Waals surface area contributed by atoms with Crippen molar-refractivity contribution in [1.29, 1.82) is 0 Å². The molecular weight excluding hydrogens is 282 g/mol. The lowest BCUT2D eigenvalue weighted by Gasteiger charge is -2.00. The van der Waals surface area contributed by atoms with E-state index in [0.29, 0.717) is 22.2 Å². The van der Waals surface area contributed by atoms with Crippen LogP contribution in [0.25, 0.3) is 10.4 Å². The van der Waals surface area contributed by atoms with E-state index in [0.717, 1.165) is 16.0 Å². The molecule has 0 aliphatic heterocycles. The molecule has 0 atom stereocenters. The Bertz CT molecular complexity index is 605. The molecule has 0 aliphatic carbocycles. The molecule has 2 N–H and O–H groups in total. The number of rotatable bonds is 3. The number of carbonyl (C=O) groups is 1. The van der Waals surface area contributed by atoms with E-state index in [9.17, 15) is 4.79 Å². The number of ether oxygens (including phenoxy) is 1. The van der Waals surface area contributed by atoms with Crippen LogP contribution >= 0.6 is 22.9 Å². The average Bonchev–Trinajstić information content (AvgIpc) is 2.68. The van der Waals surface area contributed by atoms with Gasteiger partial charge in [-0.3, -0.25) is 0 Å². The van der Waals surface area contributed by atoms with Gasteiger partial charge >= 0.3 is 5.97 Å². The molecule has 0 saturated carbocycles. The van der Waals surface area contributed by atoms with Gasteiger partial charge < -0.3 is 10.5 Å². The van der Waals surface area contributed by atoms with Crippen molar-refractivity contribution in [3.63, 3.8) is 0 Å². The van der Waals surface area contributed by atoms with E-state index >= 15 is 0 Å². The van der Waals surface area contributed by atoms with Crippen molar-refractivity contribution in [2.24, 2.45) is 0 Å². The third-order valence-electron chi connectivity index (χ3n) is 2.76. The van der Waals surface area contributed by atoms with E-state index in [1.165, 1.54) is 11.3 Å². The second-order valence-electron chi connectivity index (χ2n) is 4.03. The van der Waals surface area contributed by atoms with Gasteiger partial charge in [0.2, 0.25) is 0 Å². The van der Waals surface area contributed by atoms with Gasteiger partial charge in [0.25, 0.3) is 0 Å². The van der Waals surface area contributed by atoms with Gasteiger partial charge in [-0.1, -0.05) is 23.7 Å². The molecule has 1 heterocycles. The molecule has 0 fully saturated rings. The van der Waals surface area contributed by atoms with Crippen molar-refractivity contribution >= 4 is 34.6 Å². The van der Waals surface area contributed by atoms with Gasteiger partial charge in [-0.25, -0.2) is 4.79 Å². The van der Waals surface area contributed by atoms with Crippen LogP contribution in [0, 0.1) is 6.92 Å². The first-order chi connectivity index (χ1) is 9.04. The molecule has 0 amide bonds. The molecule has 0 aliphatic rings. The summed E-state index contributed by atoms with van der Waals surface area (Å²) >= 11 is 7.22. The third kappa shape index (κ3) is 2.74. The average molecular weight is 296 g/mol. The van der Waals surface area contributed by atoms with Crippen LogP contribution in [0.2, 0.25) is 5.02 Å². The molecule has 1 aromatic carbocycles. The van der Waals surface area contributed by atoms with E-state index in [-0.39, 0.29) is 5.97 Å². The first-order valence-corrected chi connectivity index (χ1v) is 7.06. The molecule has 100 valence electrons. The Morgan fingerprint density at radius 1 is 1.37 bits per heavy atom. The van der Waals surface area contributed by atoms with Crippen molar-refractivity contribution < 1.29 is 9.53 Å². The Kier molecular flexibility index (Phi) is 4.12. The molecular formula is C14H14ClNO2S. The fourth-order valence-electron chi connectivity index (χ4n) is 1.75. The molecule has 5 heteroatoms. The topological polar surface area (TPSA) is 52.3 Å². The predicted octanol–water partition coefficient (Wildman–Crippen LogP) is 4.14. The lowest BCUT2D eigenvalue weighted by atomic mass is 10.1. The van der Waals surface area contributed by atoms with Gasteiger partial charge in [0, 0.05) is 9.90 Å². The van der Waals surface area contributed by atoms with Crippen LogP contribution in [0.15, 0.2) is 24.3 Å². The van der Waals surface area contributed by atoms with Gasteiger partial charge in [-0.2, -0.15) is 0 Å². The minimum absolute atomic E-state index is 0.339. The van der Waals surface area contributed by atoms with E-state index in [4.69, 9.17) is 22.1 Å². The lowest BCUT2D eigenvalue weighted by molar-refractivity contribution is 0.0533. The first kappa shape index (κ1) is 13.9. The monoisotopic (exact) mass is 295 g/mol. The zero-order valence-corrected chi connectivity index (χ0v) is 12.3. The summed E-state index contributed by atoms with van der Waals surface area (Å²) in [5.41, 5.74) is 8.37. The standard InChI is InChI=1S/C14H14ClNO2S/c1-3-18-14(17)13-11(16)8(2)12(19-13)9-4-6-10(15)7-5-9/h4-7H,3,16H2,1-2H3. The molecule has 2 rings (SSSR count). The highest BCUT2D eigenvalue weighted by molar-refractivity contribution is 7.18. The summed E-state index contributed by atoms with van der Waals surface area (Å²) in [5, 5.41) is 0.677. The molecule has 2 aromatic rings. The second-order valence-corrected chi connectivity index (χ2v) is 5.48. The van der Waals surface area contributed by atoms with E-state index in [2.05, 4.69) is 0 Å². The molecule has 3 nitrogen and oxygen atoms in total. The molecule has 0 saturated heterocycles. The van der Waals surface area contributed by atoms with Crippen LogP contribution in [-0.2, 0) is 4.74 Å². The van der Waals surface area contributed by atoms with E-state index in [1.807, 2.05) is 31.2 Å². The summed E-state index contributed by atoms with van der Waals surface area (Å²) in [7, 11) is 0. The highest BCUT2D eigenvalue weighted by atomic mass is 35.5. The summed E-state index contributed by atoms with van der Waals surface area (Å²) in [6.45, 7) is 4.01. The smallest absolute Gasteiger partial charge is 0.350 e. The minimum Gasteiger partial charge on any atom is -0.462 e. The van der Waals surface area contributed by atoms with Crippen LogP contribution in [0.5, 0.6) is 0 Å². The molecule has 0 radical (unpaired) electrons. The zero-order chi connectivity index (χ0) is 14.0. The number of anilines is 1. The highest BCUT2D eigenvalue weighted by Gasteiger charge is 2.20. The van der Waals surface area contributed by atoms with Gasteiger partial charge in [0.1, 0.15) is 4.88 Å². The normalized spacial score (nSPS) is 10.5. The van der Waals surface area contributed by atoms with Crippen molar-refractivity contribution in [2.75, 3.05) is 12.3 Å². The Hall–Kier alpha value is -1.52. The largest absolute Gasteiger partial charge is 0.462 e. The van der Waals surface area contributed by atoms with Crippen LogP contribution in [0.3, 0.4) is 0 Å². The SMILES string of the molecule is CCOC(=O)c1sc(-c2ccc(Cl)cc2)c(C)c1N. The molecule has 0 spiro atoms. The van der Waals surface area contributed by atoms with E-state index in [1.54, 1.807) is 6.92 Å². The Balaban J connectivity index is 2.45.